The van der Waals surface area contributed by atoms with Crippen LogP contribution >= 0.6 is 0 Å². The lowest BCUT2D eigenvalue weighted by molar-refractivity contribution is 0.0732. The molecule has 4 rings (SSSR count). The van der Waals surface area contributed by atoms with E-state index in [1.54, 1.807) is 29.2 Å². The summed E-state index contributed by atoms with van der Waals surface area (Å²) in [4.78, 5) is 19.4. The number of hydrogen-bond acceptors (Lipinski definition) is 6. The highest BCUT2D eigenvalue weighted by Gasteiger charge is 2.19. The van der Waals surface area contributed by atoms with Crippen molar-refractivity contribution in [2.24, 2.45) is 0 Å². The van der Waals surface area contributed by atoms with Crippen LogP contribution in [0.3, 0.4) is 0 Å². The number of morpholine rings is 1. The molecule has 3 aromatic rings. The van der Waals surface area contributed by atoms with E-state index in [9.17, 15) is 13.2 Å². The molecule has 37 heavy (non-hydrogen) atoms. The largest absolute Gasteiger partial charge is 0.378 e. The molecule has 0 radical (unpaired) electrons. The summed E-state index contributed by atoms with van der Waals surface area (Å²) in [6.07, 6.45) is 0. The molecule has 0 atom stereocenters. The van der Waals surface area contributed by atoms with E-state index in [-0.39, 0.29) is 10.8 Å². The molecule has 1 saturated heterocycles. The van der Waals surface area contributed by atoms with Crippen LogP contribution in [-0.2, 0) is 21.3 Å². The molecule has 1 amide bonds. The average molecular weight is 523 g/mol. The first-order valence-corrected chi connectivity index (χ1v) is 13.8. The molecule has 1 N–H and O–H groups in total. The van der Waals surface area contributed by atoms with Gasteiger partial charge in [-0.15, -0.1) is 0 Å². The van der Waals surface area contributed by atoms with Gasteiger partial charge in [-0.25, -0.2) is 8.42 Å². The first kappa shape index (κ1) is 26.7. The molecule has 0 spiro atoms. The molecule has 1 heterocycles. The smallest absolute Gasteiger partial charge is 0.261 e. The summed E-state index contributed by atoms with van der Waals surface area (Å²) in [6, 6.07) is 23.3. The zero-order valence-corrected chi connectivity index (χ0v) is 22.2. The Bertz CT molecular complexity index is 1260. The van der Waals surface area contributed by atoms with Crippen molar-refractivity contribution < 1.29 is 17.9 Å². The van der Waals surface area contributed by atoms with E-state index < -0.39 is 10.0 Å². The minimum atomic E-state index is -3.80. The second kappa shape index (κ2) is 12.2. The molecular formula is C28H34N4O4S. The predicted molar refractivity (Wildman–Crippen MR) is 146 cm³/mol. The van der Waals surface area contributed by atoms with Crippen LogP contribution in [0.2, 0.25) is 0 Å². The summed E-state index contributed by atoms with van der Waals surface area (Å²) in [5.41, 5.74) is 3.00. The lowest BCUT2D eigenvalue weighted by atomic mass is 10.1. The molecule has 3 aromatic carbocycles. The summed E-state index contributed by atoms with van der Waals surface area (Å²) in [7, 11) is 0.134. The fourth-order valence-corrected chi connectivity index (χ4v) is 5.17. The number of hydrogen-bond donors (Lipinski definition) is 1. The molecule has 0 bridgehead atoms. The number of ether oxygens (including phenoxy) is 1. The second-order valence-electron chi connectivity index (χ2n) is 9.29. The maximum absolute atomic E-state index is 13.3. The molecule has 196 valence electrons. The van der Waals surface area contributed by atoms with Gasteiger partial charge in [0.25, 0.3) is 15.9 Å². The van der Waals surface area contributed by atoms with Gasteiger partial charge in [-0.1, -0.05) is 30.3 Å². The maximum atomic E-state index is 13.3. The highest BCUT2D eigenvalue weighted by atomic mass is 32.2. The van der Waals surface area contributed by atoms with Gasteiger partial charge in [0.1, 0.15) is 0 Å². The monoisotopic (exact) mass is 522 g/mol. The Labute approximate surface area is 219 Å². The van der Waals surface area contributed by atoms with E-state index in [4.69, 9.17) is 4.74 Å². The van der Waals surface area contributed by atoms with Gasteiger partial charge in [0.15, 0.2) is 0 Å². The van der Waals surface area contributed by atoms with Crippen molar-refractivity contribution in [1.82, 2.24) is 9.80 Å². The van der Waals surface area contributed by atoms with Gasteiger partial charge in [-0.2, -0.15) is 0 Å². The van der Waals surface area contributed by atoms with Crippen molar-refractivity contribution in [3.8, 4) is 0 Å². The predicted octanol–water partition coefficient (Wildman–Crippen LogP) is 3.53. The molecule has 0 unspecified atom stereocenters. The van der Waals surface area contributed by atoms with E-state index in [1.165, 1.54) is 12.1 Å². The summed E-state index contributed by atoms with van der Waals surface area (Å²) < 4.78 is 34.0. The van der Waals surface area contributed by atoms with Crippen LogP contribution in [0, 0.1) is 0 Å². The van der Waals surface area contributed by atoms with Gasteiger partial charge < -0.3 is 19.4 Å². The Balaban J connectivity index is 1.44. The van der Waals surface area contributed by atoms with Crippen LogP contribution in [0.5, 0.6) is 0 Å². The number of likely N-dealkylation sites (N-methyl/N-ethyl adjacent to an activating group) is 1. The van der Waals surface area contributed by atoms with Crippen LogP contribution in [0.15, 0.2) is 83.8 Å². The van der Waals surface area contributed by atoms with E-state index in [1.807, 2.05) is 61.5 Å². The highest BCUT2D eigenvalue weighted by molar-refractivity contribution is 7.92. The number of carbonyl (C=O) groups excluding carboxylic acids is 1. The fraction of sp³-hybridized carbons (Fsp3) is 0.321. The van der Waals surface area contributed by atoms with Crippen molar-refractivity contribution >= 4 is 27.3 Å². The number of benzene rings is 3. The first-order valence-electron chi connectivity index (χ1n) is 12.4. The number of sulfonamides is 1. The number of nitrogens with zero attached hydrogens (tertiary/aromatic N) is 3. The summed E-state index contributed by atoms with van der Waals surface area (Å²) >= 11 is 0. The molecule has 9 heteroatoms. The second-order valence-corrected chi connectivity index (χ2v) is 11.0. The highest BCUT2D eigenvalue weighted by Crippen LogP contribution is 2.22. The van der Waals surface area contributed by atoms with E-state index >= 15 is 0 Å². The zero-order valence-electron chi connectivity index (χ0n) is 21.3. The van der Waals surface area contributed by atoms with Gasteiger partial charge in [0, 0.05) is 49.7 Å². The lowest BCUT2D eigenvalue weighted by Crippen LogP contribution is -2.36. The summed E-state index contributed by atoms with van der Waals surface area (Å²) in [5, 5.41) is 0. The SMILES string of the molecule is CN(C)CCN(Cc1ccccc1)C(=O)c1ccc(S(=O)(=O)Nc2ccc(N3CCOCC3)cc2)cc1. The van der Waals surface area contributed by atoms with Crippen LogP contribution in [0.25, 0.3) is 0 Å². The maximum Gasteiger partial charge on any atom is 0.261 e. The normalized spacial score (nSPS) is 14.0. The third-order valence-corrected chi connectivity index (χ3v) is 7.63. The third kappa shape index (κ3) is 7.31. The molecule has 1 aliphatic rings. The van der Waals surface area contributed by atoms with Crippen LogP contribution < -0.4 is 9.62 Å². The molecule has 1 fully saturated rings. The minimum Gasteiger partial charge on any atom is -0.378 e. The summed E-state index contributed by atoms with van der Waals surface area (Å²) in [5.74, 6) is -0.138. The van der Waals surface area contributed by atoms with Crippen molar-refractivity contribution in [3.05, 3.63) is 90.0 Å². The topological polar surface area (TPSA) is 82.2 Å². The quantitative estimate of drug-likeness (QED) is 0.439. The lowest BCUT2D eigenvalue weighted by Gasteiger charge is -2.28. The molecule has 1 aliphatic heterocycles. The van der Waals surface area contributed by atoms with Gasteiger partial charge in [-0.3, -0.25) is 9.52 Å². The molecule has 8 nitrogen and oxygen atoms in total. The van der Waals surface area contributed by atoms with Crippen LogP contribution in [0.4, 0.5) is 11.4 Å². The minimum absolute atomic E-state index is 0.101. The van der Waals surface area contributed by atoms with Crippen molar-refractivity contribution in [2.45, 2.75) is 11.4 Å². The summed E-state index contributed by atoms with van der Waals surface area (Å²) in [6.45, 7) is 4.76. The number of nitrogens with one attached hydrogen (secondary N) is 1. The number of rotatable bonds is 10. The fourth-order valence-electron chi connectivity index (χ4n) is 4.11. The van der Waals surface area contributed by atoms with Crippen molar-refractivity contribution in [2.75, 3.05) is 63.1 Å². The molecule has 0 aliphatic carbocycles. The Hall–Kier alpha value is -3.40. The van der Waals surface area contributed by atoms with Gasteiger partial charge in [-0.05, 0) is 68.2 Å². The van der Waals surface area contributed by atoms with E-state index in [0.717, 1.165) is 30.9 Å². The van der Waals surface area contributed by atoms with Crippen molar-refractivity contribution in [3.63, 3.8) is 0 Å². The first-order chi connectivity index (χ1) is 17.8. The molecular weight excluding hydrogens is 488 g/mol. The number of amides is 1. The van der Waals surface area contributed by atoms with Gasteiger partial charge >= 0.3 is 0 Å². The Morgan fingerprint density at radius 3 is 2.16 bits per heavy atom. The number of carbonyl (C=O) groups is 1. The Kier molecular flexibility index (Phi) is 8.81. The third-order valence-electron chi connectivity index (χ3n) is 6.23. The average Bonchev–Trinajstić information content (AvgIpc) is 2.92. The standard InChI is InChI=1S/C28H34N4O4S/c1-30(2)16-17-32(22-23-6-4-3-5-7-23)28(33)24-8-14-27(15-9-24)37(34,35)29-25-10-12-26(13-11-25)31-18-20-36-21-19-31/h3-15,29H,16-22H2,1-2H3. The zero-order chi connectivity index (χ0) is 26.3. The Morgan fingerprint density at radius 2 is 1.54 bits per heavy atom. The van der Waals surface area contributed by atoms with Crippen LogP contribution in [-0.4, -0.2) is 77.6 Å². The van der Waals surface area contributed by atoms with Crippen LogP contribution in [0.1, 0.15) is 15.9 Å². The van der Waals surface area contributed by atoms with Gasteiger partial charge in [0.05, 0.1) is 18.1 Å². The van der Waals surface area contributed by atoms with Crippen molar-refractivity contribution in [1.29, 1.82) is 0 Å². The van der Waals surface area contributed by atoms with E-state index in [0.29, 0.717) is 37.6 Å². The molecule has 0 aromatic heterocycles. The van der Waals surface area contributed by atoms with Gasteiger partial charge in [0.2, 0.25) is 0 Å². The Morgan fingerprint density at radius 1 is 0.892 bits per heavy atom. The number of anilines is 2. The molecule has 0 saturated carbocycles. The van der Waals surface area contributed by atoms with E-state index in [2.05, 4.69) is 9.62 Å².